The lowest BCUT2D eigenvalue weighted by Crippen LogP contribution is -2.36. The van der Waals surface area contributed by atoms with Crippen LogP contribution in [0, 0.1) is 0 Å². The number of nitrogens with one attached hydrogen (secondary N) is 1. The Kier molecular flexibility index (Phi) is 4.07. The summed E-state index contributed by atoms with van der Waals surface area (Å²) in [6.45, 7) is 2.96. The second-order valence-corrected chi connectivity index (χ2v) is 4.40. The van der Waals surface area contributed by atoms with Gasteiger partial charge in [-0.1, -0.05) is 35.5 Å². The van der Waals surface area contributed by atoms with Crippen LogP contribution in [0.3, 0.4) is 0 Å². The number of hydrogen-bond acceptors (Lipinski definition) is 5. The van der Waals surface area contributed by atoms with Crippen LogP contribution in [0.2, 0.25) is 0 Å². The van der Waals surface area contributed by atoms with E-state index in [0.717, 1.165) is 5.56 Å². The molecular weight excluding hydrogens is 230 g/mol. The van der Waals surface area contributed by atoms with Gasteiger partial charge in [-0.15, -0.1) is 0 Å². The van der Waals surface area contributed by atoms with Gasteiger partial charge in [0, 0.05) is 19.5 Å². The first kappa shape index (κ1) is 12.7. The molecule has 2 N–H and O–H groups in total. The zero-order valence-corrected chi connectivity index (χ0v) is 10.3. The van der Waals surface area contributed by atoms with Crippen molar-refractivity contribution >= 4 is 0 Å². The van der Waals surface area contributed by atoms with Crippen molar-refractivity contribution in [1.29, 1.82) is 0 Å². The molecule has 0 saturated heterocycles. The summed E-state index contributed by atoms with van der Waals surface area (Å²) < 4.78 is 4.89. The molecule has 0 aliphatic carbocycles. The van der Waals surface area contributed by atoms with Gasteiger partial charge < -0.3 is 14.9 Å². The molecule has 0 radical (unpaired) electrons. The Hall–Kier alpha value is -1.72. The molecule has 2 aromatic rings. The number of hydrogen-bond donors (Lipinski definition) is 2. The molecule has 0 bridgehead atoms. The Balaban J connectivity index is 1.79. The highest BCUT2D eigenvalue weighted by atomic mass is 16.5. The number of rotatable bonds is 6. The van der Waals surface area contributed by atoms with Crippen LogP contribution < -0.4 is 5.32 Å². The second-order valence-electron chi connectivity index (χ2n) is 4.40. The maximum Gasteiger partial charge on any atom is 0.227 e. The average Bonchev–Trinajstić information content (AvgIpc) is 2.89. The Labute approximate surface area is 106 Å². The maximum atomic E-state index is 10.3. The molecule has 1 unspecified atom stereocenters. The molecule has 1 atom stereocenters. The van der Waals surface area contributed by atoms with Crippen molar-refractivity contribution < 1.29 is 9.63 Å². The number of aromatic nitrogens is 2. The minimum atomic E-state index is -0.879. The third-order valence-corrected chi connectivity index (χ3v) is 2.79. The summed E-state index contributed by atoms with van der Waals surface area (Å²) in [4.78, 5) is 3.93. The van der Waals surface area contributed by atoms with Gasteiger partial charge in [-0.2, -0.15) is 4.98 Å². The first-order valence-corrected chi connectivity index (χ1v) is 5.93. The summed E-state index contributed by atoms with van der Waals surface area (Å²) in [5.74, 6) is 0.599. The van der Waals surface area contributed by atoms with Crippen LogP contribution in [0.4, 0.5) is 0 Å². The minimum absolute atomic E-state index is 0.477. The van der Waals surface area contributed by atoms with E-state index in [1.54, 1.807) is 6.92 Å². The van der Waals surface area contributed by atoms with Crippen LogP contribution in [0.15, 0.2) is 41.2 Å². The quantitative estimate of drug-likeness (QED) is 0.748. The van der Waals surface area contributed by atoms with E-state index in [1.807, 2.05) is 30.3 Å². The fourth-order valence-corrected chi connectivity index (χ4v) is 1.73. The monoisotopic (exact) mass is 247 g/mol. The molecule has 1 aromatic heterocycles. The lowest BCUT2D eigenvalue weighted by atomic mass is 9.96. The van der Waals surface area contributed by atoms with Crippen molar-refractivity contribution in [3.8, 4) is 0 Å². The average molecular weight is 247 g/mol. The van der Waals surface area contributed by atoms with Gasteiger partial charge in [0.05, 0.1) is 5.60 Å². The van der Waals surface area contributed by atoms with Crippen LogP contribution in [0.5, 0.6) is 0 Å². The molecular formula is C13H17N3O2. The Bertz CT molecular complexity index is 454. The summed E-state index contributed by atoms with van der Waals surface area (Å²) in [7, 11) is 0. The maximum absolute atomic E-state index is 10.3. The smallest absolute Gasteiger partial charge is 0.227 e. The molecule has 1 heterocycles. The van der Waals surface area contributed by atoms with Crippen molar-refractivity contribution in [2.45, 2.75) is 18.9 Å². The topological polar surface area (TPSA) is 71.2 Å². The third kappa shape index (κ3) is 3.38. The van der Waals surface area contributed by atoms with E-state index < -0.39 is 5.60 Å². The van der Waals surface area contributed by atoms with Crippen molar-refractivity contribution in [2.75, 3.05) is 13.1 Å². The van der Waals surface area contributed by atoms with Crippen molar-refractivity contribution in [1.82, 2.24) is 15.5 Å². The first-order valence-electron chi connectivity index (χ1n) is 5.93. The summed E-state index contributed by atoms with van der Waals surface area (Å²) in [6.07, 6.45) is 2.04. The van der Waals surface area contributed by atoms with Gasteiger partial charge in [0.2, 0.25) is 5.89 Å². The van der Waals surface area contributed by atoms with E-state index >= 15 is 0 Å². The normalized spacial score (nSPS) is 14.3. The molecule has 1 aromatic carbocycles. The van der Waals surface area contributed by atoms with E-state index in [9.17, 15) is 5.11 Å². The SMILES string of the molecule is CC(O)(CNCCc1ncno1)c1ccccc1. The fraction of sp³-hybridized carbons (Fsp3) is 0.385. The molecule has 0 fully saturated rings. The number of nitrogens with zero attached hydrogens (tertiary/aromatic N) is 2. The van der Waals surface area contributed by atoms with E-state index in [-0.39, 0.29) is 0 Å². The molecule has 0 amide bonds. The van der Waals surface area contributed by atoms with Crippen LogP contribution in [0.25, 0.3) is 0 Å². The highest BCUT2D eigenvalue weighted by molar-refractivity contribution is 5.21. The van der Waals surface area contributed by atoms with Gasteiger partial charge in [0.15, 0.2) is 6.33 Å². The lowest BCUT2D eigenvalue weighted by Gasteiger charge is -2.24. The van der Waals surface area contributed by atoms with Crippen molar-refractivity contribution in [3.05, 3.63) is 48.1 Å². The van der Waals surface area contributed by atoms with Gasteiger partial charge in [0.1, 0.15) is 0 Å². The Morgan fingerprint density at radius 2 is 2.11 bits per heavy atom. The predicted octanol–water partition coefficient (Wildman–Crippen LogP) is 1.11. The first-order chi connectivity index (χ1) is 8.68. The Morgan fingerprint density at radius 3 is 2.78 bits per heavy atom. The predicted molar refractivity (Wildman–Crippen MR) is 66.9 cm³/mol. The van der Waals surface area contributed by atoms with Gasteiger partial charge >= 0.3 is 0 Å². The number of benzene rings is 1. The fourth-order valence-electron chi connectivity index (χ4n) is 1.73. The number of aliphatic hydroxyl groups is 1. The van der Waals surface area contributed by atoms with Crippen molar-refractivity contribution in [3.63, 3.8) is 0 Å². The van der Waals surface area contributed by atoms with E-state index in [0.29, 0.717) is 25.4 Å². The van der Waals surface area contributed by atoms with Gasteiger partial charge in [-0.3, -0.25) is 0 Å². The molecule has 2 rings (SSSR count). The van der Waals surface area contributed by atoms with Crippen molar-refractivity contribution in [2.24, 2.45) is 0 Å². The summed E-state index contributed by atoms with van der Waals surface area (Å²) in [5, 5.41) is 17.0. The molecule has 5 heteroatoms. The zero-order chi connectivity index (χ0) is 12.8. The summed E-state index contributed by atoms with van der Waals surface area (Å²) >= 11 is 0. The van der Waals surface area contributed by atoms with E-state index in [4.69, 9.17) is 4.52 Å². The molecule has 0 saturated carbocycles. The van der Waals surface area contributed by atoms with Gasteiger partial charge in [0.25, 0.3) is 0 Å². The second kappa shape index (κ2) is 5.75. The standard InChI is InChI=1S/C13H17N3O2/c1-13(17,11-5-3-2-4-6-11)9-14-8-7-12-15-10-16-18-12/h2-6,10,14,17H,7-9H2,1H3. The van der Waals surface area contributed by atoms with E-state index in [2.05, 4.69) is 15.5 Å². The van der Waals surface area contributed by atoms with Crippen LogP contribution in [-0.2, 0) is 12.0 Å². The minimum Gasteiger partial charge on any atom is -0.384 e. The third-order valence-electron chi connectivity index (χ3n) is 2.79. The molecule has 18 heavy (non-hydrogen) atoms. The zero-order valence-electron chi connectivity index (χ0n) is 10.3. The van der Waals surface area contributed by atoms with Crippen LogP contribution >= 0.6 is 0 Å². The molecule has 0 aliphatic rings. The van der Waals surface area contributed by atoms with Crippen LogP contribution in [0.1, 0.15) is 18.4 Å². The Morgan fingerprint density at radius 1 is 1.33 bits per heavy atom. The molecule has 0 spiro atoms. The van der Waals surface area contributed by atoms with Gasteiger partial charge in [-0.05, 0) is 12.5 Å². The summed E-state index contributed by atoms with van der Waals surface area (Å²) in [6, 6.07) is 9.60. The van der Waals surface area contributed by atoms with E-state index in [1.165, 1.54) is 6.33 Å². The molecule has 5 nitrogen and oxygen atoms in total. The van der Waals surface area contributed by atoms with Gasteiger partial charge in [-0.25, -0.2) is 0 Å². The molecule has 96 valence electrons. The summed E-state index contributed by atoms with van der Waals surface area (Å²) in [5.41, 5.74) is 0.0196. The molecule has 0 aliphatic heterocycles. The lowest BCUT2D eigenvalue weighted by molar-refractivity contribution is 0.0571. The highest BCUT2D eigenvalue weighted by Crippen LogP contribution is 2.18. The van der Waals surface area contributed by atoms with Crippen LogP contribution in [-0.4, -0.2) is 28.3 Å². The highest BCUT2D eigenvalue weighted by Gasteiger charge is 2.21. The largest absolute Gasteiger partial charge is 0.384 e.